The van der Waals surface area contributed by atoms with Crippen molar-refractivity contribution in [2.24, 2.45) is 16.6 Å². The van der Waals surface area contributed by atoms with E-state index in [9.17, 15) is 0 Å². The first-order chi connectivity index (χ1) is 9.22. The second-order valence-corrected chi connectivity index (χ2v) is 5.78. The fraction of sp³-hybridized carbons (Fsp3) is 0.933. The molecular weight excluding hydrogens is 236 g/mol. The van der Waals surface area contributed by atoms with Crippen LogP contribution < -0.4 is 11.1 Å². The van der Waals surface area contributed by atoms with Crippen LogP contribution in [0.1, 0.15) is 52.4 Å². The van der Waals surface area contributed by atoms with Gasteiger partial charge in [-0.1, -0.05) is 33.1 Å². The summed E-state index contributed by atoms with van der Waals surface area (Å²) in [5.41, 5.74) is 5.85. The van der Waals surface area contributed by atoms with E-state index in [1.807, 2.05) is 0 Å². The number of rotatable bonds is 8. The molecule has 1 heterocycles. The molecule has 1 fully saturated rings. The van der Waals surface area contributed by atoms with Crippen molar-refractivity contribution in [1.82, 2.24) is 10.2 Å². The van der Waals surface area contributed by atoms with E-state index in [1.54, 1.807) is 0 Å². The summed E-state index contributed by atoms with van der Waals surface area (Å²) in [4.78, 5) is 6.87. The van der Waals surface area contributed by atoms with Crippen molar-refractivity contribution >= 4 is 5.96 Å². The van der Waals surface area contributed by atoms with Gasteiger partial charge in [-0.25, -0.2) is 0 Å². The summed E-state index contributed by atoms with van der Waals surface area (Å²) in [6.07, 6.45) is 7.66. The van der Waals surface area contributed by atoms with E-state index >= 15 is 0 Å². The van der Waals surface area contributed by atoms with Crippen LogP contribution in [0.25, 0.3) is 0 Å². The third-order valence-electron chi connectivity index (χ3n) is 3.90. The van der Waals surface area contributed by atoms with Crippen molar-refractivity contribution in [2.75, 3.05) is 32.7 Å². The van der Waals surface area contributed by atoms with Crippen molar-refractivity contribution in [2.45, 2.75) is 52.4 Å². The van der Waals surface area contributed by atoms with Crippen molar-refractivity contribution in [3.8, 4) is 0 Å². The number of nitrogens with one attached hydrogen (secondary N) is 1. The minimum atomic E-state index is 0.613. The van der Waals surface area contributed by atoms with Crippen LogP contribution in [0.2, 0.25) is 0 Å². The highest BCUT2D eigenvalue weighted by molar-refractivity contribution is 5.77. The van der Waals surface area contributed by atoms with E-state index in [1.165, 1.54) is 45.2 Å². The monoisotopic (exact) mass is 268 g/mol. The average Bonchev–Trinajstić information content (AvgIpc) is 2.41. The first kappa shape index (κ1) is 16.3. The highest BCUT2D eigenvalue weighted by atomic mass is 15.2. The summed E-state index contributed by atoms with van der Waals surface area (Å²) >= 11 is 0. The van der Waals surface area contributed by atoms with E-state index in [2.05, 4.69) is 29.1 Å². The molecule has 4 nitrogen and oxygen atoms in total. The number of likely N-dealkylation sites (tertiary alicyclic amines) is 1. The lowest BCUT2D eigenvalue weighted by Crippen LogP contribution is -2.41. The first-order valence-electron chi connectivity index (χ1n) is 7.98. The maximum atomic E-state index is 5.85. The minimum Gasteiger partial charge on any atom is -0.370 e. The van der Waals surface area contributed by atoms with E-state index in [4.69, 9.17) is 5.73 Å². The predicted molar refractivity (Wildman–Crippen MR) is 83.5 cm³/mol. The molecule has 0 aromatic carbocycles. The van der Waals surface area contributed by atoms with Crippen molar-refractivity contribution in [3.05, 3.63) is 0 Å². The smallest absolute Gasteiger partial charge is 0.188 e. The SMILES string of the molecule is CCCCCCN=C(N)NCCN1CCC(C)CC1. The Balaban J connectivity index is 2.00. The Kier molecular flexibility index (Phi) is 8.63. The molecule has 1 saturated heterocycles. The number of nitrogens with zero attached hydrogens (tertiary/aromatic N) is 2. The predicted octanol–water partition coefficient (Wildman–Crippen LogP) is 2.20. The van der Waals surface area contributed by atoms with Gasteiger partial charge in [0.1, 0.15) is 0 Å². The number of unbranched alkanes of at least 4 members (excludes halogenated alkanes) is 3. The van der Waals surface area contributed by atoms with Crippen LogP contribution in [0.15, 0.2) is 4.99 Å². The Bertz CT molecular complexity index is 245. The Hall–Kier alpha value is -0.770. The zero-order valence-corrected chi connectivity index (χ0v) is 12.8. The highest BCUT2D eigenvalue weighted by Crippen LogP contribution is 2.14. The molecule has 0 aliphatic carbocycles. The summed E-state index contributed by atoms with van der Waals surface area (Å²) in [5.74, 6) is 1.51. The lowest BCUT2D eigenvalue weighted by molar-refractivity contribution is 0.195. The van der Waals surface area contributed by atoms with E-state index in [0.29, 0.717) is 5.96 Å². The maximum absolute atomic E-state index is 5.85. The van der Waals surface area contributed by atoms with Gasteiger partial charge >= 0.3 is 0 Å². The number of piperidine rings is 1. The zero-order chi connectivity index (χ0) is 13.9. The Morgan fingerprint density at radius 1 is 1.26 bits per heavy atom. The maximum Gasteiger partial charge on any atom is 0.188 e. The van der Waals surface area contributed by atoms with Crippen molar-refractivity contribution in [3.63, 3.8) is 0 Å². The molecule has 0 bridgehead atoms. The van der Waals surface area contributed by atoms with E-state index < -0.39 is 0 Å². The number of aliphatic imine (C=N–C) groups is 1. The summed E-state index contributed by atoms with van der Waals surface area (Å²) in [6, 6.07) is 0. The van der Waals surface area contributed by atoms with Gasteiger partial charge in [0.05, 0.1) is 0 Å². The lowest BCUT2D eigenvalue weighted by atomic mass is 9.99. The number of nitrogens with two attached hydrogens (primary N) is 1. The van der Waals surface area contributed by atoms with Crippen molar-refractivity contribution < 1.29 is 0 Å². The van der Waals surface area contributed by atoms with Gasteiger partial charge in [0.15, 0.2) is 5.96 Å². The summed E-state index contributed by atoms with van der Waals surface area (Å²) in [6.45, 7) is 9.89. The minimum absolute atomic E-state index is 0.613. The lowest BCUT2D eigenvalue weighted by Gasteiger charge is -2.30. The molecular formula is C15H32N4. The van der Waals surface area contributed by atoms with Gasteiger partial charge in [0, 0.05) is 19.6 Å². The van der Waals surface area contributed by atoms with Gasteiger partial charge in [-0.3, -0.25) is 4.99 Å². The topological polar surface area (TPSA) is 53.6 Å². The molecule has 4 heteroatoms. The van der Waals surface area contributed by atoms with E-state index in [0.717, 1.165) is 32.0 Å². The molecule has 1 aliphatic heterocycles. The van der Waals surface area contributed by atoms with Crippen LogP contribution in [0, 0.1) is 5.92 Å². The van der Waals surface area contributed by atoms with Crippen LogP contribution in [0.5, 0.6) is 0 Å². The average molecular weight is 268 g/mol. The zero-order valence-electron chi connectivity index (χ0n) is 12.8. The third-order valence-corrected chi connectivity index (χ3v) is 3.90. The van der Waals surface area contributed by atoms with Crippen LogP contribution in [-0.4, -0.2) is 43.6 Å². The van der Waals surface area contributed by atoms with Gasteiger partial charge in [-0.05, 0) is 38.3 Å². The number of hydrogen-bond acceptors (Lipinski definition) is 2. The fourth-order valence-electron chi connectivity index (χ4n) is 2.42. The van der Waals surface area contributed by atoms with Gasteiger partial charge in [-0.2, -0.15) is 0 Å². The summed E-state index contributed by atoms with van der Waals surface area (Å²) < 4.78 is 0. The first-order valence-corrected chi connectivity index (χ1v) is 7.98. The van der Waals surface area contributed by atoms with E-state index in [-0.39, 0.29) is 0 Å². The molecule has 0 atom stereocenters. The highest BCUT2D eigenvalue weighted by Gasteiger charge is 2.14. The third kappa shape index (κ3) is 8.09. The number of guanidine groups is 1. The molecule has 1 aliphatic rings. The molecule has 0 aromatic rings. The van der Waals surface area contributed by atoms with Gasteiger partial charge in [0.25, 0.3) is 0 Å². The van der Waals surface area contributed by atoms with Crippen LogP contribution in [0.4, 0.5) is 0 Å². The fourth-order valence-corrected chi connectivity index (χ4v) is 2.42. The normalized spacial score (nSPS) is 18.7. The van der Waals surface area contributed by atoms with Gasteiger partial charge < -0.3 is 16.0 Å². The van der Waals surface area contributed by atoms with Crippen LogP contribution in [0.3, 0.4) is 0 Å². The molecule has 1 rings (SSSR count). The largest absolute Gasteiger partial charge is 0.370 e. The molecule has 0 amide bonds. The Morgan fingerprint density at radius 3 is 2.68 bits per heavy atom. The molecule has 3 N–H and O–H groups in total. The van der Waals surface area contributed by atoms with Crippen molar-refractivity contribution in [1.29, 1.82) is 0 Å². The molecule has 0 aromatic heterocycles. The molecule has 112 valence electrons. The van der Waals surface area contributed by atoms with Gasteiger partial charge in [0.2, 0.25) is 0 Å². The number of hydrogen-bond donors (Lipinski definition) is 2. The Morgan fingerprint density at radius 2 is 2.00 bits per heavy atom. The van der Waals surface area contributed by atoms with Crippen LogP contribution >= 0.6 is 0 Å². The second kappa shape index (κ2) is 10.1. The molecule has 19 heavy (non-hydrogen) atoms. The molecule has 0 unspecified atom stereocenters. The van der Waals surface area contributed by atoms with Gasteiger partial charge in [-0.15, -0.1) is 0 Å². The standard InChI is InChI=1S/C15H32N4/c1-3-4-5-6-9-17-15(16)18-10-13-19-11-7-14(2)8-12-19/h14H,3-13H2,1-2H3,(H3,16,17,18). The quantitative estimate of drug-likeness (QED) is 0.403. The van der Waals surface area contributed by atoms with Crippen LogP contribution in [-0.2, 0) is 0 Å². The molecule has 0 saturated carbocycles. The molecule has 0 radical (unpaired) electrons. The summed E-state index contributed by atoms with van der Waals surface area (Å²) in [5, 5.41) is 3.22. The second-order valence-electron chi connectivity index (χ2n) is 5.78. The summed E-state index contributed by atoms with van der Waals surface area (Å²) in [7, 11) is 0. The Labute approximate surface area is 118 Å². The molecule has 0 spiro atoms.